The molecule has 0 spiro atoms. The van der Waals surface area contributed by atoms with Gasteiger partial charge in [-0.2, -0.15) is 0 Å². The molecule has 0 aliphatic heterocycles. The molecule has 90 valence electrons. The van der Waals surface area contributed by atoms with Crippen molar-refractivity contribution in [2.45, 2.75) is 45.6 Å². The third-order valence-corrected chi connectivity index (χ3v) is 4.59. The molecule has 1 N–H and O–H groups in total. The van der Waals surface area contributed by atoms with Crippen molar-refractivity contribution in [1.29, 1.82) is 0 Å². The molecule has 4 unspecified atom stereocenters. The Morgan fingerprint density at radius 3 is 2.73 bits per heavy atom. The Morgan fingerprint density at radius 2 is 2.07 bits per heavy atom. The molecule has 1 rings (SSSR count). The highest BCUT2D eigenvalue weighted by Crippen LogP contribution is 2.29. The summed E-state index contributed by atoms with van der Waals surface area (Å²) in [4.78, 5) is 0. The molecule has 1 aliphatic carbocycles. The molecule has 15 heavy (non-hydrogen) atoms. The molecule has 0 radical (unpaired) electrons. The fourth-order valence-corrected chi connectivity index (χ4v) is 2.98. The molecule has 0 aromatic rings. The van der Waals surface area contributed by atoms with Crippen molar-refractivity contribution >= 4 is 10.8 Å². The van der Waals surface area contributed by atoms with E-state index in [9.17, 15) is 4.21 Å². The topological polar surface area (TPSA) is 29.1 Å². The van der Waals surface area contributed by atoms with Gasteiger partial charge < -0.3 is 5.32 Å². The SMILES string of the molecule is CC1CCCC(NCCCS(C)=O)C1C. The predicted octanol–water partition coefficient (Wildman–Crippen LogP) is 2.17. The minimum absolute atomic E-state index is 0.628. The number of hydrogen-bond donors (Lipinski definition) is 1. The first kappa shape index (κ1) is 13.2. The van der Waals surface area contributed by atoms with Crippen molar-refractivity contribution in [2.75, 3.05) is 18.6 Å². The van der Waals surface area contributed by atoms with E-state index >= 15 is 0 Å². The van der Waals surface area contributed by atoms with Crippen LogP contribution in [0.4, 0.5) is 0 Å². The minimum atomic E-state index is -0.628. The molecule has 0 bridgehead atoms. The molecular weight excluding hydrogens is 206 g/mol. The number of rotatable bonds is 5. The molecule has 0 aromatic carbocycles. The van der Waals surface area contributed by atoms with Gasteiger partial charge in [0.1, 0.15) is 0 Å². The van der Waals surface area contributed by atoms with Crippen molar-refractivity contribution in [2.24, 2.45) is 11.8 Å². The van der Waals surface area contributed by atoms with Crippen LogP contribution in [0, 0.1) is 11.8 Å². The second-order valence-corrected chi connectivity index (χ2v) is 6.51. The molecule has 0 saturated heterocycles. The van der Waals surface area contributed by atoms with Crippen molar-refractivity contribution in [3.63, 3.8) is 0 Å². The van der Waals surface area contributed by atoms with E-state index in [4.69, 9.17) is 0 Å². The summed E-state index contributed by atoms with van der Waals surface area (Å²) < 4.78 is 10.9. The fraction of sp³-hybridized carbons (Fsp3) is 1.00. The number of hydrogen-bond acceptors (Lipinski definition) is 2. The van der Waals surface area contributed by atoms with Gasteiger partial charge in [-0.05, 0) is 31.2 Å². The Bertz CT molecular complexity index is 208. The summed E-state index contributed by atoms with van der Waals surface area (Å²) in [5.74, 6) is 2.49. The van der Waals surface area contributed by atoms with Gasteiger partial charge in [-0.25, -0.2) is 0 Å². The summed E-state index contributed by atoms with van der Waals surface area (Å²) in [5.41, 5.74) is 0. The zero-order valence-electron chi connectivity index (χ0n) is 10.3. The first-order valence-corrected chi connectivity index (χ1v) is 7.87. The standard InChI is InChI=1S/C12H25NOS/c1-10-6-4-7-12(11(10)2)13-8-5-9-15(3)14/h10-13H,4-9H2,1-3H3. The highest BCUT2D eigenvalue weighted by molar-refractivity contribution is 7.84. The second kappa shape index (κ2) is 6.64. The summed E-state index contributed by atoms with van der Waals surface area (Å²) in [5, 5.41) is 3.62. The Labute approximate surface area is 96.7 Å². The zero-order valence-corrected chi connectivity index (χ0v) is 11.1. The lowest BCUT2D eigenvalue weighted by Gasteiger charge is -2.34. The predicted molar refractivity (Wildman–Crippen MR) is 67.5 cm³/mol. The minimum Gasteiger partial charge on any atom is -0.314 e. The van der Waals surface area contributed by atoms with E-state index in [1.54, 1.807) is 6.26 Å². The molecule has 2 nitrogen and oxygen atoms in total. The monoisotopic (exact) mass is 231 g/mol. The molecule has 0 heterocycles. The Morgan fingerprint density at radius 1 is 1.33 bits per heavy atom. The third kappa shape index (κ3) is 4.64. The molecule has 0 amide bonds. The van der Waals surface area contributed by atoms with E-state index in [-0.39, 0.29) is 0 Å². The Hall–Kier alpha value is 0.110. The van der Waals surface area contributed by atoms with Crippen molar-refractivity contribution in [1.82, 2.24) is 5.32 Å². The summed E-state index contributed by atoms with van der Waals surface area (Å²) in [7, 11) is -0.628. The fourth-order valence-electron chi connectivity index (χ4n) is 2.43. The zero-order chi connectivity index (χ0) is 11.3. The van der Waals surface area contributed by atoms with Gasteiger partial charge in [-0.1, -0.05) is 26.7 Å². The van der Waals surface area contributed by atoms with Crippen molar-refractivity contribution < 1.29 is 4.21 Å². The van der Waals surface area contributed by atoms with Crippen LogP contribution in [-0.4, -0.2) is 28.8 Å². The van der Waals surface area contributed by atoms with Crippen LogP contribution < -0.4 is 5.32 Å². The largest absolute Gasteiger partial charge is 0.314 e. The smallest absolute Gasteiger partial charge is 0.0244 e. The molecule has 1 saturated carbocycles. The van der Waals surface area contributed by atoms with E-state index < -0.39 is 10.8 Å². The summed E-state index contributed by atoms with van der Waals surface area (Å²) >= 11 is 0. The van der Waals surface area contributed by atoms with Gasteiger partial charge >= 0.3 is 0 Å². The van der Waals surface area contributed by atoms with Crippen LogP contribution >= 0.6 is 0 Å². The van der Waals surface area contributed by atoms with Gasteiger partial charge in [-0.3, -0.25) is 4.21 Å². The average molecular weight is 231 g/mol. The van der Waals surface area contributed by atoms with E-state index in [0.717, 1.165) is 30.6 Å². The van der Waals surface area contributed by atoms with Crippen LogP contribution in [0.3, 0.4) is 0 Å². The van der Waals surface area contributed by atoms with Gasteiger partial charge in [0.05, 0.1) is 0 Å². The maximum atomic E-state index is 10.9. The van der Waals surface area contributed by atoms with Gasteiger partial charge in [0, 0.05) is 28.9 Å². The first-order valence-electron chi connectivity index (χ1n) is 6.14. The van der Waals surface area contributed by atoms with Gasteiger partial charge in [0.25, 0.3) is 0 Å². The lowest BCUT2D eigenvalue weighted by molar-refractivity contribution is 0.207. The summed E-state index contributed by atoms with van der Waals surface area (Å²) in [6, 6.07) is 0.694. The maximum Gasteiger partial charge on any atom is 0.0244 e. The highest BCUT2D eigenvalue weighted by atomic mass is 32.2. The van der Waals surface area contributed by atoms with Gasteiger partial charge in [0.15, 0.2) is 0 Å². The van der Waals surface area contributed by atoms with Gasteiger partial charge in [-0.15, -0.1) is 0 Å². The molecule has 1 fully saturated rings. The van der Waals surface area contributed by atoms with E-state index in [2.05, 4.69) is 19.2 Å². The van der Waals surface area contributed by atoms with Crippen LogP contribution in [-0.2, 0) is 10.8 Å². The van der Waals surface area contributed by atoms with Gasteiger partial charge in [0.2, 0.25) is 0 Å². The van der Waals surface area contributed by atoms with Crippen LogP contribution in [0.15, 0.2) is 0 Å². The van der Waals surface area contributed by atoms with Crippen molar-refractivity contribution in [3.8, 4) is 0 Å². The lowest BCUT2D eigenvalue weighted by Crippen LogP contribution is -2.41. The van der Waals surface area contributed by atoms with E-state index in [1.807, 2.05) is 0 Å². The molecular formula is C12H25NOS. The van der Waals surface area contributed by atoms with Crippen LogP contribution in [0.25, 0.3) is 0 Å². The van der Waals surface area contributed by atoms with Crippen LogP contribution in [0.5, 0.6) is 0 Å². The first-order chi connectivity index (χ1) is 7.11. The molecule has 4 atom stereocenters. The van der Waals surface area contributed by atoms with E-state index in [1.165, 1.54) is 19.3 Å². The Balaban J connectivity index is 2.17. The molecule has 1 aliphatic rings. The summed E-state index contributed by atoms with van der Waals surface area (Å²) in [6.45, 7) is 5.75. The molecule has 0 aromatic heterocycles. The second-order valence-electron chi connectivity index (χ2n) is 4.96. The normalized spacial score (nSPS) is 33.9. The lowest BCUT2D eigenvalue weighted by atomic mass is 9.78. The maximum absolute atomic E-state index is 10.9. The van der Waals surface area contributed by atoms with Crippen LogP contribution in [0.1, 0.15) is 39.5 Å². The summed E-state index contributed by atoms with van der Waals surface area (Å²) in [6.07, 6.45) is 6.90. The van der Waals surface area contributed by atoms with E-state index in [0.29, 0.717) is 6.04 Å². The average Bonchev–Trinajstić information content (AvgIpc) is 2.18. The molecule has 3 heteroatoms. The van der Waals surface area contributed by atoms with Crippen LogP contribution in [0.2, 0.25) is 0 Å². The third-order valence-electron chi connectivity index (χ3n) is 3.72. The Kier molecular flexibility index (Phi) is 5.83. The highest BCUT2D eigenvalue weighted by Gasteiger charge is 2.26. The van der Waals surface area contributed by atoms with Crippen molar-refractivity contribution in [3.05, 3.63) is 0 Å². The number of nitrogens with one attached hydrogen (secondary N) is 1. The quantitative estimate of drug-likeness (QED) is 0.735.